The van der Waals surface area contributed by atoms with Crippen LogP contribution in [0.5, 0.6) is 0 Å². The van der Waals surface area contributed by atoms with Crippen molar-refractivity contribution in [2.45, 2.75) is 12.5 Å². The molecule has 0 radical (unpaired) electrons. The van der Waals surface area contributed by atoms with Gasteiger partial charge >= 0.3 is 0 Å². The minimum atomic E-state index is 0.169. The van der Waals surface area contributed by atoms with Crippen LogP contribution in [0.4, 0.5) is 0 Å². The number of hydrogen-bond donors (Lipinski definition) is 0. The Morgan fingerprint density at radius 3 is 2.33 bits per heavy atom. The van der Waals surface area contributed by atoms with Gasteiger partial charge in [0.15, 0.2) is 0 Å². The average molecular weight is 237 g/mol. The number of nitrogens with zero attached hydrogens (tertiary/aromatic N) is 1. The lowest BCUT2D eigenvalue weighted by molar-refractivity contribution is 0.225. The Labute approximate surface area is 107 Å². The van der Waals surface area contributed by atoms with Gasteiger partial charge in [-0.05, 0) is 17.7 Å². The molecule has 90 valence electrons. The normalized spacial score (nSPS) is 18.2. The average Bonchev–Trinajstić information content (AvgIpc) is 2.89. The maximum absolute atomic E-state index is 5.90. The third-order valence-electron chi connectivity index (χ3n) is 3.04. The third kappa shape index (κ3) is 2.43. The van der Waals surface area contributed by atoms with Gasteiger partial charge in [-0.2, -0.15) is 0 Å². The van der Waals surface area contributed by atoms with Gasteiger partial charge in [-0.25, -0.2) is 4.99 Å². The molecule has 2 aromatic rings. The summed E-state index contributed by atoms with van der Waals surface area (Å²) >= 11 is 0. The second-order valence-electron chi connectivity index (χ2n) is 4.44. The predicted octanol–water partition coefficient (Wildman–Crippen LogP) is 3.07. The zero-order chi connectivity index (χ0) is 12.2. The van der Waals surface area contributed by atoms with Crippen molar-refractivity contribution in [3.05, 3.63) is 71.8 Å². The third-order valence-corrected chi connectivity index (χ3v) is 3.04. The Kier molecular flexibility index (Phi) is 3.09. The maximum Gasteiger partial charge on any atom is 0.216 e. The van der Waals surface area contributed by atoms with Crippen molar-refractivity contribution in [2.75, 3.05) is 6.54 Å². The number of benzene rings is 2. The van der Waals surface area contributed by atoms with E-state index in [4.69, 9.17) is 4.74 Å². The fraction of sp³-hybridized carbons (Fsp3) is 0.188. The molecule has 0 spiro atoms. The zero-order valence-corrected chi connectivity index (χ0v) is 10.1. The van der Waals surface area contributed by atoms with Crippen LogP contribution in [0.2, 0.25) is 0 Å². The largest absolute Gasteiger partial charge is 0.472 e. The summed E-state index contributed by atoms with van der Waals surface area (Å²) < 4.78 is 5.90. The summed E-state index contributed by atoms with van der Waals surface area (Å²) in [6, 6.07) is 20.5. The van der Waals surface area contributed by atoms with Crippen LogP contribution in [-0.4, -0.2) is 18.5 Å². The van der Waals surface area contributed by atoms with Crippen LogP contribution in [0.15, 0.2) is 65.7 Å². The number of aliphatic imine (C=N–C) groups is 1. The van der Waals surface area contributed by atoms with Crippen LogP contribution < -0.4 is 0 Å². The lowest BCUT2D eigenvalue weighted by atomic mass is 10.1. The van der Waals surface area contributed by atoms with Crippen molar-refractivity contribution in [1.29, 1.82) is 0 Å². The summed E-state index contributed by atoms with van der Waals surface area (Å²) in [6.45, 7) is 0.749. The van der Waals surface area contributed by atoms with Gasteiger partial charge in [0.1, 0.15) is 6.10 Å². The first-order chi connectivity index (χ1) is 8.92. The molecule has 0 aromatic heterocycles. The molecule has 2 nitrogen and oxygen atoms in total. The highest BCUT2D eigenvalue weighted by Gasteiger charge is 2.20. The summed E-state index contributed by atoms with van der Waals surface area (Å²) in [7, 11) is 0. The van der Waals surface area contributed by atoms with Gasteiger partial charge in [-0.1, -0.05) is 48.5 Å². The second kappa shape index (κ2) is 5.05. The van der Waals surface area contributed by atoms with Crippen molar-refractivity contribution in [3.8, 4) is 0 Å². The van der Waals surface area contributed by atoms with Crippen molar-refractivity contribution in [2.24, 2.45) is 4.99 Å². The minimum Gasteiger partial charge on any atom is -0.472 e. The van der Waals surface area contributed by atoms with Crippen LogP contribution in [0, 0.1) is 0 Å². The quantitative estimate of drug-likeness (QED) is 0.804. The molecule has 0 N–H and O–H groups in total. The predicted molar refractivity (Wildman–Crippen MR) is 72.9 cm³/mol. The molecule has 0 aliphatic carbocycles. The summed E-state index contributed by atoms with van der Waals surface area (Å²) in [5, 5.41) is 0. The maximum atomic E-state index is 5.90. The smallest absolute Gasteiger partial charge is 0.216 e. The Hall–Kier alpha value is -2.09. The second-order valence-corrected chi connectivity index (χ2v) is 4.44. The Bertz CT molecular complexity index is 534. The minimum absolute atomic E-state index is 0.169. The molecule has 0 fully saturated rings. The van der Waals surface area contributed by atoms with Gasteiger partial charge in [0, 0.05) is 12.0 Å². The van der Waals surface area contributed by atoms with E-state index < -0.39 is 0 Å². The van der Waals surface area contributed by atoms with Gasteiger partial charge in [0.05, 0.1) is 6.54 Å². The van der Waals surface area contributed by atoms with Gasteiger partial charge in [0.2, 0.25) is 5.90 Å². The van der Waals surface area contributed by atoms with E-state index in [1.807, 2.05) is 36.4 Å². The molecule has 0 bridgehead atoms. The van der Waals surface area contributed by atoms with Gasteiger partial charge in [-0.15, -0.1) is 0 Å². The topological polar surface area (TPSA) is 21.6 Å². The zero-order valence-electron chi connectivity index (χ0n) is 10.1. The van der Waals surface area contributed by atoms with E-state index in [0.29, 0.717) is 0 Å². The molecule has 1 atom stereocenters. The highest BCUT2D eigenvalue weighted by atomic mass is 16.5. The van der Waals surface area contributed by atoms with E-state index in [2.05, 4.69) is 29.3 Å². The summed E-state index contributed by atoms with van der Waals surface area (Å²) in [6.07, 6.45) is 1.09. The van der Waals surface area contributed by atoms with E-state index >= 15 is 0 Å². The molecule has 0 amide bonds. The molecule has 18 heavy (non-hydrogen) atoms. The molecule has 0 saturated heterocycles. The molecule has 1 heterocycles. The van der Waals surface area contributed by atoms with E-state index in [-0.39, 0.29) is 6.10 Å². The molecule has 1 aliphatic heterocycles. The van der Waals surface area contributed by atoms with Gasteiger partial charge in [0.25, 0.3) is 0 Å². The molecular formula is C16H15NO. The first kappa shape index (κ1) is 11.0. The fourth-order valence-electron chi connectivity index (χ4n) is 2.14. The number of ether oxygens (including phenoxy) is 1. The van der Waals surface area contributed by atoms with E-state index in [1.54, 1.807) is 0 Å². The highest BCUT2D eigenvalue weighted by molar-refractivity contribution is 5.95. The van der Waals surface area contributed by atoms with Crippen LogP contribution in [0.1, 0.15) is 11.1 Å². The van der Waals surface area contributed by atoms with Crippen molar-refractivity contribution >= 4 is 5.90 Å². The molecule has 1 aliphatic rings. The lowest BCUT2D eigenvalue weighted by Crippen LogP contribution is -2.16. The first-order valence-corrected chi connectivity index (χ1v) is 6.22. The first-order valence-electron chi connectivity index (χ1n) is 6.22. The van der Waals surface area contributed by atoms with Gasteiger partial charge < -0.3 is 4.74 Å². The summed E-state index contributed by atoms with van der Waals surface area (Å²) in [5.41, 5.74) is 2.36. The lowest BCUT2D eigenvalue weighted by Gasteiger charge is -2.11. The fourth-order valence-corrected chi connectivity index (χ4v) is 2.14. The Morgan fingerprint density at radius 2 is 1.61 bits per heavy atom. The number of rotatable bonds is 3. The van der Waals surface area contributed by atoms with Crippen LogP contribution in [0.3, 0.4) is 0 Å². The standard InChI is InChI=1S/C16H15NO/c1-3-7-13(8-4-1)11-15-12-17-16(18-15)14-9-5-2-6-10-14/h1-10,15H,11-12H2. The summed E-state index contributed by atoms with van der Waals surface area (Å²) in [5.74, 6) is 0.775. The Morgan fingerprint density at radius 1 is 0.944 bits per heavy atom. The van der Waals surface area contributed by atoms with E-state index in [9.17, 15) is 0 Å². The highest BCUT2D eigenvalue weighted by Crippen LogP contribution is 2.15. The van der Waals surface area contributed by atoms with Crippen LogP contribution in [-0.2, 0) is 11.2 Å². The SMILES string of the molecule is c1ccc(CC2CN=C(c3ccccc3)O2)cc1. The van der Waals surface area contributed by atoms with E-state index in [0.717, 1.165) is 24.4 Å². The number of hydrogen-bond acceptors (Lipinski definition) is 2. The molecule has 0 saturated carbocycles. The van der Waals surface area contributed by atoms with Crippen molar-refractivity contribution in [1.82, 2.24) is 0 Å². The van der Waals surface area contributed by atoms with E-state index in [1.165, 1.54) is 5.56 Å². The van der Waals surface area contributed by atoms with Gasteiger partial charge in [-0.3, -0.25) is 0 Å². The Balaban J connectivity index is 1.65. The van der Waals surface area contributed by atoms with Crippen LogP contribution >= 0.6 is 0 Å². The van der Waals surface area contributed by atoms with Crippen LogP contribution in [0.25, 0.3) is 0 Å². The molecule has 2 heteroatoms. The van der Waals surface area contributed by atoms with Crippen molar-refractivity contribution in [3.63, 3.8) is 0 Å². The van der Waals surface area contributed by atoms with Crippen molar-refractivity contribution < 1.29 is 4.74 Å². The summed E-state index contributed by atoms with van der Waals surface area (Å²) in [4.78, 5) is 4.48. The monoisotopic (exact) mass is 237 g/mol. The molecular weight excluding hydrogens is 222 g/mol. The molecule has 1 unspecified atom stereocenters. The molecule has 3 rings (SSSR count). The molecule has 2 aromatic carbocycles.